The van der Waals surface area contributed by atoms with Gasteiger partial charge in [0.05, 0.1) is 16.0 Å². The van der Waals surface area contributed by atoms with E-state index in [1.807, 2.05) is 0 Å². The fraction of sp³-hybridized carbons (Fsp3) is 0. The molecule has 0 radical (unpaired) electrons. The van der Waals surface area contributed by atoms with Crippen molar-refractivity contribution < 1.29 is 24.6 Å². The quantitative estimate of drug-likeness (QED) is 0.837. The smallest absolute Gasteiger partial charge is 0.335 e. The second-order valence-electron chi connectivity index (χ2n) is 3.73. The van der Waals surface area contributed by atoms with Gasteiger partial charge in [0.1, 0.15) is 0 Å². The number of benzene rings is 1. The van der Waals surface area contributed by atoms with Crippen molar-refractivity contribution in [2.45, 2.75) is 0 Å². The Labute approximate surface area is 111 Å². The summed E-state index contributed by atoms with van der Waals surface area (Å²) in [5, 5.41) is 17.9. The number of rotatable bonds is 4. The van der Waals surface area contributed by atoms with Crippen molar-refractivity contribution >= 4 is 29.6 Å². The maximum absolute atomic E-state index is 11.0. The van der Waals surface area contributed by atoms with Gasteiger partial charge in [-0.05, 0) is 35.9 Å². The fourth-order valence-corrected chi connectivity index (χ4v) is 2.40. The Kier molecular flexibility index (Phi) is 3.43. The number of carboxylic acid groups (broad SMARTS) is 2. The second kappa shape index (κ2) is 5.03. The molecule has 1 aromatic heterocycles. The molecule has 0 fully saturated rings. The van der Waals surface area contributed by atoms with Crippen LogP contribution in [-0.2, 0) is 0 Å². The van der Waals surface area contributed by atoms with E-state index in [-0.39, 0.29) is 11.1 Å². The third-order valence-corrected chi connectivity index (χ3v) is 3.51. The van der Waals surface area contributed by atoms with Crippen LogP contribution in [0, 0.1) is 0 Å². The van der Waals surface area contributed by atoms with Crippen LogP contribution in [0.2, 0.25) is 0 Å². The molecule has 0 spiro atoms. The van der Waals surface area contributed by atoms with Crippen molar-refractivity contribution in [3.8, 4) is 10.4 Å². The van der Waals surface area contributed by atoms with Crippen molar-refractivity contribution in [3.05, 3.63) is 46.3 Å². The standard InChI is InChI=1S/C13H8O5S/c14-6-10-1-2-11(19-10)7-3-8(12(15)16)5-9(4-7)13(17)18/h1-6H,(H,15,16)(H,17,18). The zero-order chi connectivity index (χ0) is 14.0. The highest BCUT2D eigenvalue weighted by Crippen LogP contribution is 2.29. The number of aldehydes is 1. The summed E-state index contributed by atoms with van der Waals surface area (Å²) in [5.74, 6) is -2.40. The van der Waals surface area contributed by atoms with Crippen LogP contribution in [0.5, 0.6) is 0 Å². The van der Waals surface area contributed by atoms with E-state index in [2.05, 4.69) is 0 Å². The van der Waals surface area contributed by atoms with E-state index in [4.69, 9.17) is 10.2 Å². The van der Waals surface area contributed by atoms with Crippen LogP contribution in [0.25, 0.3) is 10.4 Å². The van der Waals surface area contributed by atoms with Gasteiger partial charge in [0.2, 0.25) is 0 Å². The van der Waals surface area contributed by atoms with Crippen molar-refractivity contribution in [1.29, 1.82) is 0 Å². The lowest BCUT2D eigenvalue weighted by atomic mass is 10.0. The summed E-state index contributed by atoms with van der Waals surface area (Å²) in [6.45, 7) is 0. The molecule has 19 heavy (non-hydrogen) atoms. The molecule has 0 aliphatic carbocycles. The molecule has 0 atom stereocenters. The Balaban J connectivity index is 2.58. The number of aromatic carboxylic acids is 2. The number of carbonyl (C=O) groups excluding carboxylic acids is 1. The largest absolute Gasteiger partial charge is 0.478 e. The van der Waals surface area contributed by atoms with Crippen molar-refractivity contribution in [2.24, 2.45) is 0 Å². The molecule has 0 amide bonds. The van der Waals surface area contributed by atoms with E-state index in [1.54, 1.807) is 12.1 Å². The molecule has 6 heteroatoms. The van der Waals surface area contributed by atoms with Gasteiger partial charge in [-0.2, -0.15) is 0 Å². The maximum Gasteiger partial charge on any atom is 0.335 e. The first-order valence-electron chi connectivity index (χ1n) is 5.18. The van der Waals surface area contributed by atoms with E-state index in [0.717, 1.165) is 6.07 Å². The van der Waals surface area contributed by atoms with Crippen LogP contribution in [0.15, 0.2) is 30.3 Å². The number of carboxylic acids is 2. The van der Waals surface area contributed by atoms with Crippen LogP contribution < -0.4 is 0 Å². The number of carbonyl (C=O) groups is 3. The average Bonchev–Trinajstić information content (AvgIpc) is 2.86. The lowest BCUT2D eigenvalue weighted by Crippen LogP contribution is -2.02. The topological polar surface area (TPSA) is 91.7 Å². The number of hydrogen-bond donors (Lipinski definition) is 2. The Morgan fingerprint density at radius 2 is 1.58 bits per heavy atom. The molecular weight excluding hydrogens is 268 g/mol. The van der Waals surface area contributed by atoms with Gasteiger partial charge in [-0.3, -0.25) is 4.79 Å². The normalized spacial score (nSPS) is 10.1. The minimum Gasteiger partial charge on any atom is -0.478 e. The van der Waals surface area contributed by atoms with Gasteiger partial charge in [0.15, 0.2) is 6.29 Å². The summed E-state index contributed by atoms with van der Waals surface area (Å²) in [6.07, 6.45) is 0.688. The van der Waals surface area contributed by atoms with Crippen LogP contribution in [0.4, 0.5) is 0 Å². The Bertz CT molecular complexity index is 639. The highest BCUT2D eigenvalue weighted by molar-refractivity contribution is 7.17. The molecule has 2 rings (SSSR count). The average molecular weight is 276 g/mol. The third kappa shape index (κ3) is 2.69. The first kappa shape index (κ1) is 13.0. The predicted octanol–water partition coefficient (Wildman–Crippen LogP) is 2.62. The highest BCUT2D eigenvalue weighted by Gasteiger charge is 2.13. The monoisotopic (exact) mass is 276 g/mol. The van der Waals surface area contributed by atoms with E-state index >= 15 is 0 Å². The minimum absolute atomic E-state index is 0.101. The summed E-state index contributed by atoms with van der Waals surface area (Å²) in [6, 6.07) is 7.12. The van der Waals surface area contributed by atoms with Crippen LogP contribution in [-0.4, -0.2) is 28.4 Å². The zero-order valence-corrected chi connectivity index (χ0v) is 10.3. The van der Waals surface area contributed by atoms with Crippen molar-refractivity contribution in [1.82, 2.24) is 0 Å². The number of hydrogen-bond acceptors (Lipinski definition) is 4. The summed E-state index contributed by atoms with van der Waals surface area (Å²) < 4.78 is 0. The zero-order valence-electron chi connectivity index (χ0n) is 9.49. The molecule has 0 aliphatic heterocycles. The highest BCUT2D eigenvalue weighted by atomic mass is 32.1. The molecule has 5 nitrogen and oxygen atoms in total. The fourth-order valence-electron chi connectivity index (χ4n) is 1.59. The van der Waals surface area contributed by atoms with Gasteiger partial charge in [-0.25, -0.2) is 9.59 Å². The van der Waals surface area contributed by atoms with Gasteiger partial charge in [-0.1, -0.05) is 0 Å². The number of thiophene rings is 1. The molecule has 0 unspecified atom stereocenters. The van der Waals surface area contributed by atoms with Gasteiger partial charge in [0.25, 0.3) is 0 Å². The van der Waals surface area contributed by atoms with E-state index in [9.17, 15) is 14.4 Å². The molecular formula is C13H8O5S. The minimum atomic E-state index is -1.20. The Morgan fingerprint density at radius 1 is 1.00 bits per heavy atom. The summed E-state index contributed by atoms with van der Waals surface area (Å²) in [7, 11) is 0. The molecule has 1 heterocycles. The van der Waals surface area contributed by atoms with Gasteiger partial charge in [-0.15, -0.1) is 11.3 Å². The molecule has 1 aromatic carbocycles. The molecule has 0 saturated carbocycles. The molecule has 0 saturated heterocycles. The molecule has 0 bridgehead atoms. The van der Waals surface area contributed by atoms with Gasteiger partial charge in [0, 0.05) is 4.88 Å². The molecule has 0 aliphatic rings. The SMILES string of the molecule is O=Cc1ccc(-c2cc(C(=O)O)cc(C(=O)O)c2)s1. The van der Waals surface area contributed by atoms with Gasteiger partial charge >= 0.3 is 11.9 Å². The van der Waals surface area contributed by atoms with Crippen LogP contribution in [0.1, 0.15) is 30.4 Å². The molecule has 2 aromatic rings. The summed E-state index contributed by atoms with van der Waals surface area (Å²) in [4.78, 5) is 33.7. The first-order valence-corrected chi connectivity index (χ1v) is 6.00. The molecule has 96 valence electrons. The van der Waals surface area contributed by atoms with E-state index in [0.29, 0.717) is 21.6 Å². The van der Waals surface area contributed by atoms with Gasteiger partial charge < -0.3 is 10.2 Å². The van der Waals surface area contributed by atoms with Crippen molar-refractivity contribution in [2.75, 3.05) is 0 Å². The molecule has 2 N–H and O–H groups in total. The predicted molar refractivity (Wildman–Crippen MR) is 69.1 cm³/mol. The first-order chi connectivity index (χ1) is 9.01. The van der Waals surface area contributed by atoms with Crippen LogP contribution >= 0.6 is 11.3 Å². The Hall–Kier alpha value is -2.47. The van der Waals surface area contributed by atoms with Crippen molar-refractivity contribution in [3.63, 3.8) is 0 Å². The summed E-state index contributed by atoms with van der Waals surface area (Å²) >= 11 is 1.17. The van der Waals surface area contributed by atoms with E-state index in [1.165, 1.54) is 23.5 Å². The van der Waals surface area contributed by atoms with Crippen LogP contribution in [0.3, 0.4) is 0 Å². The third-order valence-electron chi connectivity index (χ3n) is 2.45. The maximum atomic E-state index is 11.0. The lowest BCUT2D eigenvalue weighted by Gasteiger charge is -2.03. The Morgan fingerprint density at radius 3 is 2.00 bits per heavy atom. The second-order valence-corrected chi connectivity index (χ2v) is 4.84. The summed E-state index contributed by atoms with van der Waals surface area (Å²) in [5.41, 5.74) is 0.266. The van der Waals surface area contributed by atoms with E-state index < -0.39 is 11.9 Å². The lowest BCUT2D eigenvalue weighted by molar-refractivity contribution is 0.0696.